The SMILES string of the molecule is Cc1ccc(CN(C)CC(=O)N2CCC(c3nc4ccccc4s3)CC2)cc1. The molecule has 0 unspecified atom stereocenters. The molecule has 0 spiro atoms. The van der Waals surface area contributed by atoms with Crippen molar-refractivity contribution in [3.05, 3.63) is 64.7 Å². The Morgan fingerprint density at radius 2 is 1.86 bits per heavy atom. The molecule has 0 atom stereocenters. The standard InChI is InChI=1S/C23H27N3OS/c1-17-7-9-18(10-8-17)15-25(2)16-22(27)26-13-11-19(12-14-26)23-24-20-5-3-4-6-21(20)28-23/h3-10,19H,11-16H2,1-2H3. The lowest BCUT2D eigenvalue weighted by Gasteiger charge is -2.32. The fourth-order valence-electron chi connectivity index (χ4n) is 3.83. The maximum Gasteiger partial charge on any atom is 0.236 e. The summed E-state index contributed by atoms with van der Waals surface area (Å²) in [6, 6.07) is 16.9. The Balaban J connectivity index is 1.29. The third-order valence-corrected chi connectivity index (χ3v) is 6.68. The van der Waals surface area contributed by atoms with Crippen LogP contribution in [0.25, 0.3) is 10.2 Å². The van der Waals surface area contributed by atoms with E-state index in [0.29, 0.717) is 12.5 Å². The van der Waals surface area contributed by atoms with Crippen molar-refractivity contribution in [3.8, 4) is 0 Å². The summed E-state index contributed by atoms with van der Waals surface area (Å²) >= 11 is 1.80. The molecule has 28 heavy (non-hydrogen) atoms. The van der Waals surface area contributed by atoms with Crippen molar-refractivity contribution < 1.29 is 4.79 Å². The maximum absolute atomic E-state index is 12.7. The number of benzene rings is 2. The highest BCUT2D eigenvalue weighted by Gasteiger charge is 2.26. The number of para-hydroxylation sites is 1. The molecule has 0 aliphatic carbocycles. The Morgan fingerprint density at radius 3 is 2.57 bits per heavy atom. The Kier molecular flexibility index (Phi) is 5.74. The highest BCUT2D eigenvalue weighted by atomic mass is 32.1. The van der Waals surface area contributed by atoms with E-state index in [1.807, 2.05) is 18.0 Å². The van der Waals surface area contributed by atoms with Gasteiger partial charge in [-0.15, -0.1) is 11.3 Å². The van der Waals surface area contributed by atoms with Gasteiger partial charge in [0.2, 0.25) is 5.91 Å². The van der Waals surface area contributed by atoms with E-state index in [1.165, 1.54) is 20.8 Å². The van der Waals surface area contributed by atoms with E-state index in [4.69, 9.17) is 4.98 Å². The van der Waals surface area contributed by atoms with Gasteiger partial charge in [-0.3, -0.25) is 9.69 Å². The van der Waals surface area contributed by atoms with Crippen LogP contribution in [0.15, 0.2) is 48.5 Å². The lowest BCUT2D eigenvalue weighted by molar-refractivity contribution is -0.133. The number of hydrogen-bond donors (Lipinski definition) is 0. The average molecular weight is 394 g/mol. The van der Waals surface area contributed by atoms with Gasteiger partial charge in [0.15, 0.2) is 0 Å². The van der Waals surface area contributed by atoms with Crippen molar-refractivity contribution in [2.75, 3.05) is 26.7 Å². The highest BCUT2D eigenvalue weighted by molar-refractivity contribution is 7.18. The minimum Gasteiger partial charge on any atom is -0.342 e. The zero-order valence-electron chi connectivity index (χ0n) is 16.6. The molecule has 146 valence electrons. The van der Waals surface area contributed by atoms with E-state index in [2.05, 4.69) is 54.3 Å². The van der Waals surface area contributed by atoms with E-state index in [1.54, 1.807) is 11.3 Å². The van der Waals surface area contributed by atoms with Gasteiger partial charge in [-0.05, 0) is 44.5 Å². The summed E-state index contributed by atoms with van der Waals surface area (Å²) < 4.78 is 1.26. The number of thiazole rings is 1. The summed E-state index contributed by atoms with van der Waals surface area (Å²) in [7, 11) is 2.02. The first-order valence-electron chi connectivity index (χ1n) is 9.96. The minimum atomic E-state index is 0.234. The number of carbonyl (C=O) groups is 1. The predicted octanol–water partition coefficient (Wildman–Crippen LogP) is 4.44. The number of likely N-dealkylation sites (tertiary alicyclic amines) is 1. The van der Waals surface area contributed by atoms with Gasteiger partial charge >= 0.3 is 0 Å². The third kappa shape index (κ3) is 4.42. The second-order valence-corrected chi connectivity index (χ2v) is 8.90. The Hall–Kier alpha value is -2.24. The summed E-state index contributed by atoms with van der Waals surface area (Å²) in [5.41, 5.74) is 3.60. The first-order chi connectivity index (χ1) is 13.6. The Bertz CT molecular complexity index is 909. The van der Waals surface area contributed by atoms with Crippen molar-refractivity contribution >= 4 is 27.5 Å². The molecule has 4 nitrogen and oxygen atoms in total. The van der Waals surface area contributed by atoms with E-state index < -0.39 is 0 Å². The zero-order chi connectivity index (χ0) is 19.5. The number of amides is 1. The van der Waals surface area contributed by atoms with E-state index in [0.717, 1.165) is 38.0 Å². The number of likely N-dealkylation sites (N-methyl/N-ethyl adjacent to an activating group) is 1. The van der Waals surface area contributed by atoms with Gasteiger partial charge in [0, 0.05) is 25.6 Å². The lowest BCUT2D eigenvalue weighted by atomic mass is 9.97. The molecule has 1 amide bonds. The summed E-state index contributed by atoms with van der Waals surface area (Å²) in [5.74, 6) is 0.712. The van der Waals surface area contributed by atoms with E-state index in [9.17, 15) is 4.79 Å². The molecular formula is C23H27N3OS. The van der Waals surface area contributed by atoms with Gasteiger partial charge in [-0.2, -0.15) is 0 Å². The van der Waals surface area contributed by atoms with Crippen LogP contribution in [-0.2, 0) is 11.3 Å². The van der Waals surface area contributed by atoms with Crippen LogP contribution in [-0.4, -0.2) is 47.4 Å². The van der Waals surface area contributed by atoms with Crippen molar-refractivity contribution in [1.82, 2.24) is 14.8 Å². The summed E-state index contributed by atoms with van der Waals surface area (Å²) in [6.07, 6.45) is 2.01. The second-order valence-electron chi connectivity index (χ2n) is 7.83. The Labute approximate surface area is 170 Å². The lowest BCUT2D eigenvalue weighted by Crippen LogP contribution is -2.42. The van der Waals surface area contributed by atoms with Gasteiger partial charge in [-0.25, -0.2) is 4.98 Å². The number of rotatable bonds is 5. The van der Waals surface area contributed by atoms with Crippen LogP contribution in [0.1, 0.15) is 34.9 Å². The van der Waals surface area contributed by atoms with Gasteiger partial charge in [-0.1, -0.05) is 42.0 Å². The van der Waals surface area contributed by atoms with Crippen molar-refractivity contribution in [1.29, 1.82) is 0 Å². The average Bonchev–Trinajstić information content (AvgIpc) is 3.14. The van der Waals surface area contributed by atoms with Crippen LogP contribution in [0.2, 0.25) is 0 Å². The number of nitrogens with zero attached hydrogens (tertiary/aromatic N) is 3. The van der Waals surface area contributed by atoms with Crippen LogP contribution in [0.4, 0.5) is 0 Å². The van der Waals surface area contributed by atoms with Crippen molar-refractivity contribution in [2.45, 2.75) is 32.2 Å². The van der Waals surface area contributed by atoms with Crippen LogP contribution in [0.5, 0.6) is 0 Å². The van der Waals surface area contributed by atoms with E-state index >= 15 is 0 Å². The molecule has 4 rings (SSSR count). The van der Waals surface area contributed by atoms with E-state index in [-0.39, 0.29) is 5.91 Å². The molecule has 0 bridgehead atoms. The van der Waals surface area contributed by atoms with Crippen LogP contribution >= 0.6 is 11.3 Å². The third-order valence-electron chi connectivity index (χ3n) is 5.49. The first kappa shape index (κ1) is 19.1. The van der Waals surface area contributed by atoms with Gasteiger partial charge in [0.05, 0.1) is 21.8 Å². The smallest absolute Gasteiger partial charge is 0.236 e. The molecule has 2 aromatic carbocycles. The number of piperidine rings is 1. The van der Waals surface area contributed by atoms with Crippen LogP contribution in [0, 0.1) is 6.92 Å². The number of fused-ring (bicyclic) bond motifs is 1. The maximum atomic E-state index is 12.7. The largest absolute Gasteiger partial charge is 0.342 e. The molecule has 1 aromatic heterocycles. The molecule has 1 saturated heterocycles. The molecule has 1 aliphatic heterocycles. The van der Waals surface area contributed by atoms with Gasteiger partial charge in [0.1, 0.15) is 0 Å². The number of hydrogen-bond acceptors (Lipinski definition) is 4. The fourth-order valence-corrected chi connectivity index (χ4v) is 4.97. The van der Waals surface area contributed by atoms with Crippen molar-refractivity contribution in [3.63, 3.8) is 0 Å². The predicted molar refractivity (Wildman–Crippen MR) is 116 cm³/mol. The van der Waals surface area contributed by atoms with Crippen LogP contribution in [0.3, 0.4) is 0 Å². The summed E-state index contributed by atoms with van der Waals surface area (Å²) in [4.78, 5) is 21.6. The highest BCUT2D eigenvalue weighted by Crippen LogP contribution is 2.33. The summed E-state index contributed by atoms with van der Waals surface area (Å²) in [5, 5.41) is 1.23. The van der Waals surface area contributed by atoms with Crippen molar-refractivity contribution in [2.24, 2.45) is 0 Å². The molecule has 2 heterocycles. The zero-order valence-corrected chi connectivity index (χ0v) is 17.4. The monoisotopic (exact) mass is 393 g/mol. The molecule has 5 heteroatoms. The number of aryl methyl sites for hydroxylation is 1. The second kappa shape index (κ2) is 8.41. The number of carbonyl (C=O) groups excluding carboxylic acids is 1. The Morgan fingerprint density at radius 1 is 1.14 bits per heavy atom. The number of aromatic nitrogens is 1. The molecule has 0 radical (unpaired) electrons. The van der Waals surface area contributed by atoms with Crippen LogP contribution < -0.4 is 0 Å². The molecular weight excluding hydrogens is 366 g/mol. The fraction of sp³-hybridized carbons (Fsp3) is 0.391. The molecule has 1 aliphatic rings. The minimum absolute atomic E-state index is 0.234. The molecule has 0 N–H and O–H groups in total. The van der Waals surface area contributed by atoms with Gasteiger partial charge < -0.3 is 4.90 Å². The molecule has 1 fully saturated rings. The topological polar surface area (TPSA) is 36.4 Å². The summed E-state index contributed by atoms with van der Waals surface area (Å²) in [6.45, 7) is 5.03. The first-order valence-corrected chi connectivity index (χ1v) is 10.8. The molecule has 0 saturated carbocycles. The normalized spacial score (nSPS) is 15.5. The molecule has 3 aromatic rings. The quantitative estimate of drug-likeness (QED) is 0.643. The van der Waals surface area contributed by atoms with Gasteiger partial charge in [0.25, 0.3) is 0 Å².